The Labute approximate surface area is 117 Å². The highest BCUT2D eigenvalue weighted by Gasteiger charge is 2.09. The third-order valence-electron chi connectivity index (χ3n) is 2.72. The fourth-order valence-corrected chi connectivity index (χ4v) is 1.71. The predicted octanol–water partition coefficient (Wildman–Crippen LogP) is 3.64. The van der Waals surface area contributed by atoms with E-state index >= 15 is 0 Å². The van der Waals surface area contributed by atoms with Crippen LogP contribution in [0, 0.1) is 0 Å². The van der Waals surface area contributed by atoms with E-state index in [9.17, 15) is 4.79 Å². The van der Waals surface area contributed by atoms with Crippen LogP contribution in [-0.2, 0) is 6.42 Å². The van der Waals surface area contributed by atoms with Gasteiger partial charge in [0.1, 0.15) is 5.76 Å². The number of furan rings is 1. The Bertz CT molecular complexity index is 523. The maximum atomic E-state index is 11.9. The third kappa shape index (κ3) is 4.03. The maximum absolute atomic E-state index is 11.9. The zero-order chi connectivity index (χ0) is 13.7. The van der Waals surface area contributed by atoms with E-state index in [0.29, 0.717) is 18.0 Å². The summed E-state index contributed by atoms with van der Waals surface area (Å²) in [5, 5.41) is 3.44. The van der Waals surface area contributed by atoms with Gasteiger partial charge >= 0.3 is 6.03 Å². The van der Waals surface area contributed by atoms with Gasteiger partial charge in [0.05, 0.1) is 6.26 Å². The van der Waals surface area contributed by atoms with Crippen molar-refractivity contribution in [3.8, 4) is 0 Å². The van der Waals surface area contributed by atoms with Crippen LogP contribution in [0.3, 0.4) is 0 Å². The first-order valence-corrected chi connectivity index (χ1v) is 6.33. The van der Waals surface area contributed by atoms with E-state index in [1.165, 1.54) is 0 Å². The molecule has 0 fully saturated rings. The monoisotopic (exact) mass is 278 g/mol. The highest BCUT2D eigenvalue weighted by molar-refractivity contribution is 6.30. The number of amides is 2. The molecule has 0 saturated heterocycles. The van der Waals surface area contributed by atoms with Crippen molar-refractivity contribution in [2.24, 2.45) is 0 Å². The van der Waals surface area contributed by atoms with Crippen LogP contribution in [0.15, 0.2) is 47.1 Å². The molecule has 1 N–H and O–H groups in total. The SMILES string of the molecule is CN(CCc1ccco1)C(=O)Nc1ccc(Cl)cc1. The second-order valence-corrected chi connectivity index (χ2v) is 4.62. The second kappa shape index (κ2) is 6.29. The first-order valence-electron chi connectivity index (χ1n) is 5.95. The van der Waals surface area contributed by atoms with E-state index in [4.69, 9.17) is 16.0 Å². The van der Waals surface area contributed by atoms with Crippen molar-refractivity contribution in [3.63, 3.8) is 0 Å². The number of urea groups is 1. The number of rotatable bonds is 4. The fourth-order valence-electron chi connectivity index (χ4n) is 1.59. The molecule has 0 aliphatic carbocycles. The minimum Gasteiger partial charge on any atom is -0.469 e. The highest BCUT2D eigenvalue weighted by Crippen LogP contribution is 2.13. The summed E-state index contributed by atoms with van der Waals surface area (Å²) in [6.07, 6.45) is 2.32. The van der Waals surface area contributed by atoms with Crippen molar-refractivity contribution in [2.75, 3.05) is 18.9 Å². The molecule has 0 unspecified atom stereocenters. The summed E-state index contributed by atoms with van der Waals surface area (Å²) in [5.41, 5.74) is 0.722. The minimum atomic E-state index is -0.158. The molecule has 0 saturated carbocycles. The van der Waals surface area contributed by atoms with Crippen LogP contribution < -0.4 is 5.32 Å². The number of benzene rings is 1. The van der Waals surface area contributed by atoms with E-state index in [0.717, 1.165) is 11.4 Å². The largest absolute Gasteiger partial charge is 0.469 e. The Balaban J connectivity index is 1.83. The molecule has 100 valence electrons. The Morgan fingerprint density at radius 2 is 2.05 bits per heavy atom. The molecule has 1 aromatic carbocycles. The molecular weight excluding hydrogens is 264 g/mol. The number of hydrogen-bond donors (Lipinski definition) is 1. The highest BCUT2D eigenvalue weighted by atomic mass is 35.5. The summed E-state index contributed by atoms with van der Waals surface area (Å²) < 4.78 is 5.22. The predicted molar refractivity (Wildman–Crippen MR) is 75.5 cm³/mol. The molecule has 2 rings (SSSR count). The number of nitrogens with one attached hydrogen (secondary N) is 1. The van der Waals surface area contributed by atoms with Gasteiger partial charge < -0.3 is 14.6 Å². The van der Waals surface area contributed by atoms with Crippen LogP contribution in [0.4, 0.5) is 10.5 Å². The number of anilines is 1. The Kier molecular flexibility index (Phi) is 4.47. The molecule has 0 aliphatic rings. The fraction of sp³-hybridized carbons (Fsp3) is 0.214. The van der Waals surface area contributed by atoms with E-state index in [-0.39, 0.29) is 6.03 Å². The minimum absolute atomic E-state index is 0.158. The molecule has 19 heavy (non-hydrogen) atoms. The third-order valence-corrected chi connectivity index (χ3v) is 2.97. The van der Waals surface area contributed by atoms with Gasteiger partial charge in [-0.2, -0.15) is 0 Å². The summed E-state index contributed by atoms with van der Waals surface area (Å²) in [4.78, 5) is 13.5. The molecule has 0 aliphatic heterocycles. The number of halogens is 1. The lowest BCUT2D eigenvalue weighted by Crippen LogP contribution is -2.32. The summed E-state index contributed by atoms with van der Waals surface area (Å²) in [6, 6.07) is 10.6. The van der Waals surface area contributed by atoms with Crippen LogP contribution in [0.5, 0.6) is 0 Å². The first kappa shape index (κ1) is 13.5. The van der Waals surface area contributed by atoms with Gasteiger partial charge in [-0.25, -0.2) is 4.79 Å². The molecule has 5 heteroatoms. The molecule has 0 atom stereocenters. The van der Waals surface area contributed by atoms with Gasteiger partial charge in [-0.05, 0) is 36.4 Å². The van der Waals surface area contributed by atoms with Crippen LogP contribution in [0.1, 0.15) is 5.76 Å². The van der Waals surface area contributed by atoms with Crippen molar-refractivity contribution in [1.82, 2.24) is 4.90 Å². The van der Waals surface area contributed by atoms with Crippen LogP contribution in [-0.4, -0.2) is 24.5 Å². The average molecular weight is 279 g/mol. The topological polar surface area (TPSA) is 45.5 Å². The summed E-state index contributed by atoms with van der Waals surface area (Å²) in [5.74, 6) is 0.867. The van der Waals surface area contributed by atoms with Crippen molar-refractivity contribution < 1.29 is 9.21 Å². The van der Waals surface area contributed by atoms with E-state index < -0.39 is 0 Å². The molecule has 0 radical (unpaired) electrons. The lowest BCUT2D eigenvalue weighted by molar-refractivity contribution is 0.222. The van der Waals surface area contributed by atoms with E-state index in [1.807, 2.05) is 12.1 Å². The molecule has 2 aromatic rings. The Morgan fingerprint density at radius 3 is 2.68 bits per heavy atom. The van der Waals surface area contributed by atoms with Crippen molar-refractivity contribution in [2.45, 2.75) is 6.42 Å². The molecule has 1 heterocycles. The smallest absolute Gasteiger partial charge is 0.321 e. The van der Waals surface area contributed by atoms with Gasteiger partial charge in [-0.15, -0.1) is 0 Å². The van der Waals surface area contributed by atoms with Gasteiger partial charge in [0.15, 0.2) is 0 Å². The Morgan fingerprint density at radius 1 is 1.32 bits per heavy atom. The maximum Gasteiger partial charge on any atom is 0.321 e. The molecule has 4 nitrogen and oxygen atoms in total. The number of carbonyl (C=O) groups is 1. The second-order valence-electron chi connectivity index (χ2n) is 4.19. The zero-order valence-corrected chi connectivity index (χ0v) is 11.4. The normalized spacial score (nSPS) is 10.2. The molecule has 2 amide bonds. The number of carbonyl (C=O) groups excluding carboxylic acids is 1. The van der Waals surface area contributed by atoms with E-state index in [1.54, 1.807) is 42.5 Å². The zero-order valence-electron chi connectivity index (χ0n) is 10.6. The lowest BCUT2D eigenvalue weighted by Gasteiger charge is -2.17. The number of nitrogens with zero attached hydrogens (tertiary/aromatic N) is 1. The quantitative estimate of drug-likeness (QED) is 0.928. The summed E-state index contributed by atoms with van der Waals surface area (Å²) in [7, 11) is 1.74. The van der Waals surface area contributed by atoms with Crippen molar-refractivity contribution >= 4 is 23.3 Å². The molecular formula is C14H15ClN2O2. The first-order chi connectivity index (χ1) is 9.15. The molecule has 0 spiro atoms. The van der Waals surface area contributed by atoms with E-state index in [2.05, 4.69) is 5.32 Å². The summed E-state index contributed by atoms with van der Waals surface area (Å²) >= 11 is 5.78. The van der Waals surface area contributed by atoms with Gasteiger partial charge in [-0.3, -0.25) is 0 Å². The van der Waals surface area contributed by atoms with Crippen LogP contribution in [0.25, 0.3) is 0 Å². The summed E-state index contributed by atoms with van der Waals surface area (Å²) in [6.45, 7) is 0.590. The number of hydrogen-bond acceptors (Lipinski definition) is 2. The van der Waals surface area contributed by atoms with Gasteiger partial charge in [0, 0.05) is 30.7 Å². The van der Waals surface area contributed by atoms with Crippen molar-refractivity contribution in [1.29, 1.82) is 0 Å². The standard InChI is InChI=1S/C14H15ClN2O2/c1-17(9-8-13-3-2-10-19-13)14(18)16-12-6-4-11(15)5-7-12/h2-7,10H,8-9H2,1H3,(H,16,18). The number of likely N-dealkylation sites (N-methyl/N-ethyl adjacent to an activating group) is 1. The lowest BCUT2D eigenvalue weighted by atomic mass is 10.3. The van der Waals surface area contributed by atoms with Gasteiger partial charge in [0.2, 0.25) is 0 Å². The van der Waals surface area contributed by atoms with Gasteiger partial charge in [-0.1, -0.05) is 11.6 Å². The average Bonchev–Trinajstić information content (AvgIpc) is 2.91. The van der Waals surface area contributed by atoms with Crippen molar-refractivity contribution in [3.05, 3.63) is 53.4 Å². The molecule has 0 bridgehead atoms. The van der Waals surface area contributed by atoms with Crippen LogP contribution in [0.2, 0.25) is 5.02 Å². The van der Waals surface area contributed by atoms with Crippen LogP contribution >= 0.6 is 11.6 Å². The Hall–Kier alpha value is -1.94. The molecule has 1 aromatic heterocycles. The van der Waals surface area contributed by atoms with Gasteiger partial charge in [0.25, 0.3) is 0 Å².